The van der Waals surface area contributed by atoms with E-state index < -0.39 is 12.0 Å². The second-order valence-corrected chi connectivity index (χ2v) is 4.60. The lowest BCUT2D eigenvalue weighted by Gasteiger charge is -2.37. The molecule has 2 rings (SSSR count). The van der Waals surface area contributed by atoms with Crippen LogP contribution in [0, 0.1) is 0 Å². The molecular weight excluding hydrogens is 240 g/mol. The van der Waals surface area contributed by atoms with Crippen LogP contribution in [0.1, 0.15) is 30.3 Å². The van der Waals surface area contributed by atoms with Gasteiger partial charge in [0.2, 0.25) is 0 Å². The smallest absolute Gasteiger partial charge is 0.274 e. The second kappa shape index (κ2) is 4.51. The molecular formula is C12H15F2N3O. The van der Waals surface area contributed by atoms with Crippen LogP contribution in [-0.2, 0) is 0 Å². The Hall–Kier alpha value is -1.72. The van der Waals surface area contributed by atoms with Gasteiger partial charge in [-0.3, -0.25) is 4.79 Å². The van der Waals surface area contributed by atoms with Gasteiger partial charge in [-0.05, 0) is 19.1 Å². The third-order valence-electron chi connectivity index (χ3n) is 3.15. The van der Waals surface area contributed by atoms with Crippen molar-refractivity contribution in [3.8, 4) is 0 Å². The summed E-state index contributed by atoms with van der Waals surface area (Å²) in [5.74, 6) is -3.07. The Labute approximate surface area is 104 Å². The Morgan fingerprint density at radius 2 is 2.33 bits per heavy atom. The molecule has 0 aliphatic carbocycles. The predicted molar refractivity (Wildman–Crippen MR) is 63.3 cm³/mol. The molecule has 1 fully saturated rings. The number of amides is 1. The van der Waals surface area contributed by atoms with Gasteiger partial charge in [0.25, 0.3) is 11.8 Å². The van der Waals surface area contributed by atoms with E-state index in [1.165, 1.54) is 11.1 Å². The third-order valence-corrected chi connectivity index (χ3v) is 3.15. The highest BCUT2D eigenvalue weighted by Crippen LogP contribution is 2.32. The van der Waals surface area contributed by atoms with E-state index in [-0.39, 0.29) is 36.7 Å². The quantitative estimate of drug-likeness (QED) is 0.834. The highest BCUT2D eigenvalue weighted by molar-refractivity contribution is 5.97. The van der Waals surface area contributed by atoms with E-state index in [4.69, 9.17) is 5.73 Å². The van der Waals surface area contributed by atoms with Crippen molar-refractivity contribution in [1.82, 2.24) is 9.88 Å². The molecule has 0 saturated carbocycles. The zero-order valence-electron chi connectivity index (χ0n) is 10.1. The number of anilines is 1. The van der Waals surface area contributed by atoms with Crippen LogP contribution >= 0.6 is 0 Å². The van der Waals surface area contributed by atoms with Crippen LogP contribution in [0.15, 0.2) is 18.3 Å². The fourth-order valence-electron chi connectivity index (χ4n) is 2.18. The second-order valence-electron chi connectivity index (χ2n) is 4.60. The molecule has 4 nitrogen and oxygen atoms in total. The highest BCUT2D eigenvalue weighted by atomic mass is 19.3. The summed E-state index contributed by atoms with van der Waals surface area (Å²) in [7, 11) is 0. The van der Waals surface area contributed by atoms with Gasteiger partial charge in [0, 0.05) is 31.6 Å². The first kappa shape index (κ1) is 12.7. The minimum absolute atomic E-state index is 0.0308. The molecule has 6 heteroatoms. The molecule has 1 saturated heterocycles. The molecule has 1 aliphatic rings. The SMILES string of the molecule is C[C@H]1CC(F)(F)CCN1C(=O)c1ncccc1N. The van der Waals surface area contributed by atoms with E-state index in [2.05, 4.69) is 4.98 Å². The number of pyridine rings is 1. The van der Waals surface area contributed by atoms with Crippen molar-refractivity contribution in [1.29, 1.82) is 0 Å². The fourth-order valence-corrected chi connectivity index (χ4v) is 2.18. The third kappa shape index (κ3) is 2.42. The van der Waals surface area contributed by atoms with E-state index in [9.17, 15) is 13.6 Å². The van der Waals surface area contributed by atoms with E-state index in [1.807, 2.05) is 0 Å². The van der Waals surface area contributed by atoms with Crippen LogP contribution in [-0.4, -0.2) is 34.3 Å². The van der Waals surface area contributed by atoms with Crippen LogP contribution in [0.4, 0.5) is 14.5 Å². The summed E-state index contributed by atoms with van der Waals surface area (Å²) in [5, 5.41) is 0. The van der Waals surface area contributed by atoms with Crippen molar-refractivity contribution in [2.75, 3.05) is 12.3 Å². The van der Waals surface area contributed by atoms with Gasteiger partial charge >= 0.3 is 0 Å². The lowest BCUT2D eigenvalue weighted by Crippen LogP contribution is -2.48. The van der Waals surface area contributed by atoms with Crippen molar-refractivity contribution in [3.63, 3.8) is 0 Å². The number of nitrogens with two attached hydrogens (primary N) is 1. The molecule has 0 bridgehead atoms. The standard InChI is InChI=1S/C12H15F2N3O/c1-8-7-12(13,14)4-6-17(8)11(18)10-9(15)3-2-5-16-10/h2-3,5,8H,4,6-7,15H2,1H3/t8-/m0/s1. The van der Waals surface area contributed by atoms with Crippen molar-refractivity contribution >= 4 is 11.6 Å². The zero-order chi connectivity index (χ0) is 13.3. The maximum atomic E-state index is 13.2. The van der Waals surface area contributed by atoms with Gasteiger partial charge in [-0.25, -0.2) is 13.8 Å². The molecule has 0 unspecified atom stereocenters. The molecule has 2 heterocycles. The average Bonchev–Trinajstić information content (AvgIpc) is 2.27. The van der Waals surface area contributed by atoms with Gasteiger partial charge < -0.3 is 10.6 Å². The number of nitrogen functional groups attached to an aromatic ring is 1. The minimum atomic E-state index is -2.69. The van der Waals surface area contributed by atoms with Gasteiger partial charge in [0.15, 0.2) is 5.69 Å². The Balaban J connectivity index is 2.18. The summed E-state index contributed by atoms with van der Waals surface area (Å²) < 4.78 is 26.4. The average molecular weight is 255 g/mol. The van der Waals surface area contributed by atoms with Gasteiger partial charge in [-0.2, -0.15) is 0 Å². The van der Waals surface area contributed by atoms with Crippen LogP contribution in [0.2, 0.25) is 0 Å². The maximum Gasteiger partial charge on any atom is 0.274 e. The molecule has 0 aromatic carbocycles. The predicted octanol–water partition coefficient (Wildman–Crippen LogP) is 1.92. The summed E-state index contributed by atoms with van der Waals surface area (Å²) in [6.45, 7) is 1.65. The number of hydrogen-bond acceptors (Lipinski definition) is 3. The van der Waals surface area contributed by atoms with Crippen LogP contribution in [0.25, 0.3) is 0 Å². The molecule has 1 aromatic rings. The van der Waals surface area contributed by atoms with Crippen molar-refractivity contribution in [2.45, 2.75) is 31.7 Å². The molecule has 18 heavy (non-hydrogen) atoms. The minimum Gasteiger partial charge on any atom is -0.397 e. The number of alkyl halides is 2. The van der Waals surface area contributed by atoms with E-state index >= 15 is 0 Å². The number of carbonyl (C=O) groups excluding carboxylic acids is 1. The zero-order valence-corrected chi connectivity index (χ0v) is 10.1. The molecule has 1 aliphatic heterocycles. The van der Waals surface area contributed by atoms with Gasteiger partial charge in [0.05, 0.1) is 5.69 Å². The van der Waals surface area contributed by atoms with E-state index in [1.54, 1.807) is 19.1 Å². The number of likely N-dealkylation sites (tertiary alicyclic amines) is 1. The number of rotatable bonds is 1. The van der Waals surface area contributed by atoms with E-state index in [0.717, 1.165) is 0 Å². The Bertz CT molecular complexity index is 464. The lowest BCUT2D eigenvalue weighted by molar-refractivity contribution is -0.0665. The summed E-state index contributed by atoms with van der Waals surface area (Å²) in [5.41, 5.74) is 6.07. The van der Waals surface area contributed by atoms with Crippen molar-refractivity contribution in [3.05, 3.63) is 24.0 Å². The van der Waals surface area contributed by atoms with Gasteiger partial charge in [0.1, 0.15) is 0 Å². The Kier molecular flexibility index (Phi) is 3.19. The number of halogens is 2. The summed E-state index contributed by atoms with van der Waals surface area (Å²) in [6, 6.07) is 2.69. The molecule has 0 radical (unpaired) electrons. The van der Waals surface area contributed by atoms with Gasteiger partial charge in [-0.15, -0.1) is 0 Å². The largest absolute Gasteiger partial charge is 0.397 e. The normalized spacial score (nSPS) is 22.8. The maximum absolute atomic E-state index is 13.2. The van der Waals surface area contributed by atoms with Crippen molar-refractivity contribution in [2.24, 2.45) is 0 Å². The first-order valence-corrected chi connectivity index (χ1v) is 5.80. The summed E-state index contributed by atoms with van der Waals surface area (Å²) in [4.78, 5) is 17.5. The first-order valence-electron chi connectivity index (χ1n) is 5.80. The number of hydrogen-bond donors (Lipinski definition) is 1. The fraction of sp³-hybridized carbons (Fsp3) is 0.500. The molecule has 98 valence electrons. The lowest BCUT2D eigenvalue weighted by atomic mass is 9.99. The van der Waals surface area contributed by atoms with E-state index in [0.29, 0.717) is 0 Å². The number of piperidine rings is 1. The first-order chi connectivity index (χ1) is 8.41. The number of carbonyl (C=O) groups is 1. The number of aromatic nitrogens is 1. The molecule has 2 N–H and O–H groups in total. The molecule has 1 amide bonds. The van der Waals surface area contributed by atoms with Crippen LogP contribution in [0.5, 0.6) is 0 Å². The van der Waals surface area contributed by atoms with Gasteiger partial charge in [-0.1, -0.05) is 0 Å². The monoisotopic (exact) mass is 255 g/mol. The van der Waals surface area contributed by atoms with Crippen LogP contribution in [0.3, 0.4) is 0 Å². The summed E-state index contributed by atoms with van der Waals surface area (Å²) in [6.07, 6.45) is 0.841. The number of nitrogens with zero attached hydrogens (tertiary/aromatic N) is 2. The summed E-state index contributed by atoms with van der Waals surface area (Å²) >= 11 is 0. The topological polar surface area (TPSA) is 59.2 Å². The molecule has 0 spiro atoms. The van der Waals surface area contributed by atoms with Crippen LogP contribution < -0.4 is 5.73 Å². The highest BCUT2D eigenvalue weighted by Gasteiger charge is 2.40. The van der Waals surface area contributed by atoms with Crippen molar-refractivity contribution < 1.29 is 13.6 Å². The molecule has 1 aromatic heterocycles. The molecule has 1 atom stereocenters. The Morgan fingerprint density at radius 1 is 1.61 bits per heavy atom. The Morgan fingerprint density at radius 3 is 2.94 bits per heavy atom.